The maximum Gasteiger partial charge on any atom is 0.0903 e. The van der Waals surface area contributed by atoms with Gasteiger partial charge < -0.3 is 9.90 Å². The summed E-state index contributed by atoms with van der Waals surface area (Å²) < 4.78 is 0. The molecule has 0 bridgehead atoms. The van der Waals surface area contributed by atoms with E-state index >= 15 is 0 Å². The lowest BCUT2D eigenvalue weighted by molar-refractivity contribution is -0.283. The molecule has 0 fully saturated rings. The smallest absolute Gasteiger partial charge is 0.0903 e. The fourth-order valence-electron chi connectivity index (χ4n) is 0. The summed E-state index contributed by atoms with van der Waals surface area (Å²) in [7, 11) is 0. The summed E-state index contributed by atoms with van der Waals surface area (Å²) in [6, 6.07) is 0. The minimum atomic E-state index is -0.500. The fraction of sp³-hybridized carbons (Fsp3) is 0. The highest BCUT2D eigenvalue weighted by Crippen LogP contribution is 0.754. The van der Waals surface area contributed by atoms with Gasteiger partial charge in [-0.2, -0.15) is 0 Å². The highest BCUT2D eigenvalue weighted by Gasteiger charge is 0.996. The second kappa shape index (κ2) is 14.8. The molecule has 0 saturated carbocycles. The van der Waals surface area contributed by atoms with Crippen molar-refractivity contribution in [3.8, 4) is 0 Å². The minimum absolute atomic E-state index is 0. The van der Waals surface area contributed by atoms with Gasteiger partial charge in [-0.05, 0) is 0 Å². The maximum absolute atomic E-state index is 8.25. The van der Waals surface area contributed by atoms with Gasteiger partial charge in [0, 0.05) is 6.47 Å². The molecule has 0 aromatic carbocycles. The highest BCUT2D eigenvalue weighted by molar-refractivity contribution is 5.29. The first-order valence-electron chi connectivity index (χ1n) is 0.471. The number of halogens is 1. The average Bonchev–Trinajstić information content (AvgIpc) is 0.918. The average molecular weight is 82.5 g/mol. The van der Waals surface area contributed by atoms with Crippen molar-refractivity contribution >= 4 is 6.47 Å². The van der Waals surface area contributed by atoms with Crippen LogP contribution in [0.4, 0.5) is 0 Å². The third-order valence-corrected chi connectivity index (χ3v) is 0. The summed E-state index contributed by atoms with van der Waals surface area (Å²) in [6.07, 6.45) is 0. The predicted molar refractivity (Wildman–Crippen MR) is 8.85 cm³/mol. The van der Waals surface area contributed by atoms with E-state index in [2.05, 4.69) is 0 Å². The van der Waals surface area contributed by atoms with E-state index in [0.717, 1.165) is 0 Å². The van der Waals surface area contributed by atoms with Crippen LogP contribution in [0.15, 0.2) is 0 Å². The van der Waals surface area contributed by atoms with Crippen LogP contribution in [0.25, 0.3) is 0 Å². The van der Waals surface area contributed by atoms with E-state index in [1.165, 1.54) is 0 Å². The lowest BCUT2D eigenvalue weighted by atomic mass is 11.7. The Kier molecular flexibility index (Phi) is 34.2. The minimum Gasteiger partial charge on any atom is -0.554 e. The Morgan fingerprint density at radius 2 is 1.75 bits per heavy atom. The van der Waals surface area contributed by atoms with Crippen LogP contribution in [0.1, 0.15) is 0 Å². The van der Waals surface area contributed by atoms with E-state index in [4.69, 9.17) is 9.90 Å². The van der Waals surface area contributed by atoms with E-state index < -0.39 is 6.47 Å². The van der Waals surface area contributed by atoms with Crippen molar-refractivity contribution in [1.82, 2.24) is 0 Å². The molecule has 0 aliphatic carbocycles. The van der Waals surface area contributed by atoms with Crippen LogP contribution < -0.4 is 5.11 Å². The molecule has 0 aromatic heterocycles. The summed E-state index contributed by atoms with van der Waals surface area (Å²) in [5, 5.41) is 8.25. The van der Waals surface area contributed by atoms with Gasteiger partial charge in [0.1, 0.15) is 0 Å². The zero-order valence-corrected chi connectivity index (χ0v) is 2.74. The van der Waals surface area contributed by atoms with Crippen molar-refractivity contribution < 1.29 is 22.3 Å². The normalized spacial score (nSPS) is 3.00. The molecule has 0 amide bonds. The summed E-state index contributed by atoms with van der Waals surface area (Å²) >= 11 is 0. The Bertz CT molecular complexity index is 13.5. The van der Waals surface area contributed by atoms with Gasteiger partial charge in [-0.1, -0.05) is 0 Å². The second-order valence-corrected chi connectivity index (χ2v) is 0.0962. The Morgan fingerprint density at radius 3 is 1.75 bits per heavy atom. The van der Waals surface area contributed by atoms with E-state index in [1.807, 2.05) is 0 Å². The van der Waals surface area contributed by atoms with Crippen molar-refractivity contribution in [2.45, 2.75) is 0 Å². The third-order valence-electron chi connectivity index (χ3n) is 0. The van der Waals surface area contributed by atoms with Crippen LogP contribution in [0.5, 0.6) is 0 Å². The first kappa shape index (κ1) is 9.25. The number of carboxylic acid groups (broad SMARTS) is 1. The number of carbonyl (C=O) groups is 1. The second-order valence-electron chi connectivity index (χ2n) is 0.0962. The molecular weight excluding hydrogens is 79.5 g/mol. The molecular formula is CH3ClO2. The summed E-state index contributed by atoms with van der Waals surface area (Å²) in [5.74, 6) is 0. The van der Waals surface area contributed by atoms with Crippen molar-refractivity contribution in [3.63, 3.8) is 0 Å². The largest absolute Gasteiger partial charge is 0.554 e. The molecule has 3 heteroatoms. The van der Waals surface area contributed by atoms with E-state index in [9.17, 15) is 0 Å². The molecule has 0 spiro atoms. The molecule has 0 aliphatic heterocycles. The third kappa shape index (κ3) is 17.6. The van der Waals surface area contributed by atoms with Gasteiger partial charge in [0.25, 0.3) is 0 Å². The van der Waals surface area contributed by atoms with Gasteiger partial charge in [0.05, 0.1) is 12.4 Å². The van der Waals surface area contributed by atoms with Crippen LogP contribution in [0.2, 0.25) is 0 Å². The Morgan fingerprint density at radius 1 is 1.75 bits per heavy atom. The van der Waals surface area contributed by atoms with Crippen molar-refractivity contribution in [1.29, 1.82) is 0 Å². The molecule has 0 aromatic rings. The molecule has 0 N–H and O–H groups in total. The lowest BCUT2D eigenvalue weighted by Gasteiger charge is -1.52. The summed E-state index contributed by atoms with van der Waals surface area (Å²) in [4.78, 5) is 8.25. The number of hydrogen-bond acceptors (Lipinski definition) is 2. The van der Waals surface area contributed by atoms with Crippen molar-refractivity contribution in [2.75, 3.05) is 0 Å². The number of rotatable bonds is 0. The molecule has 2 nitrogen and oxygen atoms in total. The molecule has 0 heterocycles. The topological polar surface area (TPSA) is 40.1 Å². The van der Waals surface area contributed by atoms with E-state index in [0.29, 0.717) is 0 Å². The van der Waals surface area contributed by atoms with Gasteiger partial charge in [-0.3, -0.25) is 0 Å². The molecule has 0 rings (SSSR count). The van der Waals surface area contributed by atoms with E-state index in [1.54, 1.807) is 0 Å². The molecule has 26 valence electrons. The molecule has 4 heavy (non-hydrogen) atoms. The lowest BCUT2D eigenvalue weighted by Crippen LogP contribution is -2.01. The summed E-state index contributed by atoms with van der Waals surface area (Å²) in [5.41, 5.74) is 0. The van der Waals surface area contributed by atoms with Crippen LogP contribution in [-0.2, 0) is 4.79 Å². The fourth-order valence-corrected chi connectivity index (χ4v) is 0. The van der Waals surface area contributed by atoms with E-state index in [-0.39, 0.29) is 12.4 Å². The Hall–Kier alpha value is -0.240. The SMILES string of the molecule is O=C[O-].[ClH2+]. The van der Waals surface area contributed by atoms with Crippen LogP contribution in [0, 0.1) is 12.4 Å². The number of carbonyl (C=O) groups excluding carboxylic acids is 1. The highest BCUT2D eigenvalue weighted by atomic mass is 35.5. The quantitative estimate of drug-likeness (QED) is 0.312. The molecule has 0 saturated heterocycles. The van der Waals surface area contributed by atoms with Crippen molar-refractivity contribution in [3.05, 3.63) is 0 Å². The van der Waals surface area contributed by atoms with Gasteiger partial charge in [0.15, 0.2) is 0 Å². The maximum atomic E-state index is 8.25. The first-order chi connectivity index (χ1) is 1.41. The van der Waals surface area contributed by atoms with Gasteiger partial charge >= 0.3 is 0 Å². The van der Waals surface area contributed by atoms with Gasteiger partial charge in [0.2, 0.25) is 0 Å². The predicted octanol–water partition coefficient (Wildman–Crippen LogP) is -2.17. The first-order valence-corrected chi connectivity index (χ1v) is 0.471. The van der Waals surface area contributed by atoms with Crippen LogP contribution >= 0.6 is 0 Å². The Balaban J connectivity index is 0. The van der Waals surface area contributed by atoms with Gasteiger partial charge in [-0.25, -0.2) is 0 Å². The molecule has 0 unspecified atom stereocenters. The monoisotopic (exact) mass is 82.0 g/mol. The Labute approximate surface area is 29.8 Å². The zero-order valence-electron chi connectivity index (χ0n) is 1.84. The summed E-state index contributed by atoms with van der Waals surface area (Å²) in [6.45, 7) is -0.500. The van der Waals surface area contributed by atoms with Crippen LogP contribution in [0.3, 0.4) is 0 Å². The molecule has 0 radical (unpaired) electrons. The van der Waals surface area contributed by atoms with Gasteiger partial charge in [-0.15, -0.1) is 0 Å². The molecule has 0 aliphatic rings. The van der Waals surface area contributed by atoms with Crippen LogP contribution in [-0.4, -0.2) is 6.47 Å². The molecule has 0 atom stereocenters. The van der Waals surface area contributed by atoms with Crippen molar-refractivity contribution in [2.24, 2.45) is 0 Å². The number of hydrogen-bond donors (Lipinski definition) is 0. The standard InChI is InChI=1S/CH2O2.ClH2/c2-1-3;/h1H,(H,2,3);1H2/q;+1/p-1. The zero-order chi connectivity index (χ0) is 2.71.